The number of anilines is 2. The van der Waals surface area contributed by atoms with Crippen molar-refractivity contribution in [3.63, 3.8) is 0 Å². The van der Waals surface area contributed by atoms with Crippen LogP contribution in [-0.2, 0) is 33.3 Å². The van der Waals surface area contributed by atoms with Crippen LogP contribution in [0.4, 0.5) is 11.4 Å². The van der Waals surface area contributed by atoms with Gasteiger partial charge in [-0.1, -0.05) is 52.7 Å². The zero-order chi connectivity index (χ0) is 26.9. The number of amides is 1. The van der Waals surface area contributed by atoms with E-state index in [0.717, 1.165) is 82.0 Å². The predicted molar refractivity (Wildman–Crippen MR) is 154 cm³/mol. The predicted octanol–water partition coefficient (Wildman–Crippen LogP) is 7.13. The molecule has 4 heteroatoms. The molecule has 2 saturated carbocycles. The van der Waals surface area contributed by atoms with E-state index in [4.69, 9.17) is 5.73 Å². The van der Waals surface area contributed by atoms with Crippen molar-refractivity contribution in [2.45, 2.75) is 103 Å². The highest BCUT2D eigenvalue weighted by molar-refractivity contribution is 5.91. The van der Waals surface area contributed by atoms with E-state index in [1.54, 1.807) is 0 Å². The Labute approximate surface area is 228 Å². The smallest absolute Gasteiger partial charge is 0.211 e. The molecule has 1 amide bonds. The molecule has 202 valence electrons. The van der Waals surface area contributed by atoms with Crippen LogP contribution in [0.5, 0.6) is 0 Å². The van der Waals surface area contributed by atoms with Gasteiger partial charge in [0.1, 0.15) is 5.78 Å². The van der Waals surface area contributed by atoms with Crippen LogP contribution >= 0.6 is 0 Å². The van der Waals surface area contributed by atoms with Crippen LogP contribution in [0.2, 0.25) is 0 Å². The number of benzene rings is 2. The Morgan fingerprint density at radius 2 is 1.34 bits per heavy atom. The number of Topliss-reactive ketones (excluding diaryl/α,β-unsaturated/α-hetero) is 1. The molecular weight excluding hydrogens is 468 g/mol. The molecule has 0 spiro atoms. The van der Waals surface area contributed by atoms with Gasteiger partial charge in [0, 0.05) is 22.2 Å². The van der Waals surface area contributed by atoms with Crippen LogP contribution in [0.3, 0.4) is 0 Å². The fourth-order valence-corrected chi connectivity index (χ4v) is 10.3. The molecule has 2 aromatic carbocycles. The van der Waals surface area contributed by atoms with E-state index in [1.165, 1.54) is 22.3 Å². The summed E-state index contributed by atoms with van der Waals surface area (Å²) in [6, 6.07) is 12.9. The zero-order valence-electron chi connectivity index (χ0n) is 23.7. The minimum atomic E-state index is -0.345. The molecule has 4 nitrogen and oxygen atoms in total. The maximum absolute atomic E-state index is 15.2. The lowest BCUT2D eigenvalue weighted by molar-refractivity contribution is -0.155. The lowest BCUT2D eigenvalue weighted by Crippen LogP contribution is -2.60. The normalized spacial score (nSPS) is 37.7. The maximum Gasteiger partial charge on any atom is 0.211 e. The lowest BCUT2D eigenvalue weighted by Gasteiger charge is -2.60. The van der Waals surface area contributed by atoms with E-state index in [2.05, 4.69) is 57.3 Å². The second kappa shape index (κ2) is 8.69. The van der Waals surface area contributed by atoms with Crippen LogP contribution in [0.25, 0.3) is 0 Å². The molecule has 0 aliphatic heterocycles. The van der Waals surface area contributed by atoms with Crippen LogP contribution in [0, 0.1) is 22.7 Å². The van der Waals surface area contributed by atoms with Crippen LogP contribution in [-0.4, -0.2) is 12.2 Å². The number of nitrogen functional groups attached to an aromatic ring is 1. The first-order valence-corrected chi connectivity index (χ1v) is 14.8. The van der Waals surface area contributed by atoms with Crippen LogP contribution < -0.4 is 11.1 Å². The maximum atomic E-state index is 15.2. The minimum absolute atomic E-state index is 0.00544. The third kappa shape index (κ3) is 3.47. The fourth-order valence-electron chi connectivity index (χ4n) is 10.3. The summed E-state index contributed by atoms with van der Waals surface area (Å²) in [6.07, 6.45) is 11.3. The second-order valence-corrected chi connectivity index (χ2v) is 13.9. The molecule has 0 bridgehead atoms. The molecule has 6 atom stereocenters. The van der Waals surface area contributed by atoms with Crippen molar-refractivity contribution in [1.82, 2.24) is 0 Å². The molecule has 0 heterocycles. The van der Waals surface area contributed by atoms with Gasteiger partial charge in [-0.3, -0.25) is 9.59 Å². The standard InChI is InChI=1S/C34H44N2O2/c1-31-15-5-17-33(3,28(31)13-9-22-7-11-24(35)19-26(22)31)30(38)34(4)18-6-16-32(2)27-20-25(36-21-37)12-8-23(27)10-14-29(32)34/h7-8,11-12,19-21,28-29H,5-6,9-10,13-18,35H2,1-4H3,(H,36,37)/t28-,29?,31?,32-,33+,34?/m1/s1. The number of ketones is 1. The van der Waals surface area contributed by atoms with Gasteiger partial charge < -0.3 is 11.1 Å². The molecule has 2 fully saturated rings. The highest BCUT2D eigenvalue weighted by Crippen LogP contribution is 2.64. The zero-order valence-corrected chi connectivity index (χ0v) is 23.7. The molecule has 3 unspecified atom stereocenters. The summed E-state index contributed by atoms with van der Waals surface area (Å²) in [4.78, 5) is 26.3. The van der Waals surface area contributed by atoms with Gasteiger partial charge in [-0.15, -0.1) is 0 Å². The third-order valence-corrected chi connectivity index (χ3v) is 12.0. The number of carbonyl (C=O) groups is 2. The minimum Gasteiger partial charge on any atom is -0.399 e. The number of fused-ring (bicyclic) bond motifs is 6. The molecule has 4 aliphatic carbocycles. The molecule has 6 rings (SSSR count). The van der Waals surface area contributed by atoms with Gasteiger partial charge in [-0.2, -0.15) is 0 Å². The van der Waals surface area contributed by atoms with Gasteiger partial charge in [0.15, 0.2) is 0 Å². The molecular formula is C34H44N2O2. The van der Waals surface area contributed by atoms with Crippen molar-refractivity contribution in [2.24, 2.45) is 22.7 Å². The Hall–Kier alpha value is -2.62. The Balaban J connectivity index is 1.39. The van der Waals surface area contributed by atoms with Gasteiger partial charge in [0.2, 0.25) is 6.41 Å². The molecule has 38 heavy (non-hydrogen) atoms. The average Bonchev–Trinajstić information content (AvgIpc) is 2.89. The first-order valence-electron chi connectivity index (χ1n) is 14.8. The number of nitrogens with one attached hydrogen (secondary N) is 1. The summed E-state index contributed by atoms with van der Waals surface area (Å²) < 4.78 is 0. The molecule has 0 aromatic heterocycles. The second-order valence-electron chi connectivity index (χ2n) is 13.9. The van der Waals surface area contributed by atoms with Crippen molar-refractivity contribution in [3.8, 4) is 0 Å². The number of carbonyl (C=O) groups excluding carboxylic acids is 2. The monoisotopic (exact) mass is 512 g/mol. The highest BCUT2D eigenvalue weighted by atomic mass is 16.1. The largest absolute Gasteiger partial charge is 0.399 e. The van der Waals surface area contributed by atoms with E-state index in [0.29, 0.717) is 17.6 Å². The van der Waals surface area contributed by atoms with Gasteiger partial charge >= 0.3 is 0 Å². The molecule has 3 N–H and O–H groups in total. The van der Waals surface area contributed by atoms with Crippen LogP contribution in [0.1, 0.15) is 101 Å². The SMILES string of the molecule is CC1(C(=O)[C@@]2(C)CCCC3(C)c4cc(N)ccc4CC[C@H]32)CCC[C@]2(C)c3cc(NC=O)ccc3CCC12. The van der Waals surface area contributed by atoms with E-state index in [-0.39, 0.29) is 21.7 Å². The summed E-state index contributed by atoms with van der Waals surface area (Å²) in [5.41, 5.74) is 12.8. The number of nitrogens with two attached hydrogens (primary N) is 1. The van der Waals surface area contributed by atoms with Gasteiger partial charge in [-0.25, -0.2) is 0 Å². The number of rotatable bonds is 4. The van der Waals surface area contributed by atoms with Crippen molar-refractivity contribution in [3.05, 3.63) is 58.7 Å². The summed E-state index contributed by atoms with van der Waals surface area (Å²) in [7, 11) is 0. The number of hydrogen-bond acceptors (Lipinski definition) is 3. The van der Waals surface area contributed by atoms with Crippen molar-refractivity contribution < 1.29 is 9.59 Å². The Kier molecular flexibility index (Phi) is 5.87. The van der Waals surface area contributed by atoms with Gasteiger partial charge in [-0.05, 0) is 121 Å². The molecule has 0 saturated heterocycles. The summed E-state index contributed by atoms with van der Waals surface area (Å²) in [5.74, 6) is 1.18. The number of aryl methyl sites for hydroxylation is 2. The van der Waals surface area contributed by atoms with Gasteiger partial charge in [0.25, 0.3) is 0 Å². The highest BCUT2D eigenvalue weighted by Gasteiger charge is 2.62. The Bertz CT molecular complexity index is 1300. The summed E-state index contributed by atoms with van der Waals surface area (Å²) >= 11 is 0. The first kappa shape index (κ1) is 25.6. The molecule has 4 aliphatic rings. The summed E-state index contributed by atoms with van der Waals surface area (Å²) in [5, 5.41) is 2.86. The van der Waals surface area contributed by atoms with E-state index < -0.39 is 0 Å². The third-order valence-electron chi connectivity index (χ3n) is 12.0. The van der Waals surface area contributed by atoms with E-state index >= 15 is 4.79 Å². The first-order chi connectivity index (χ1) is 18.1. The van der Waals surface area contributed by atoms with Crippen molar-refractivity contribution >= 4 is 23.6 Å². The molecule has 2 aromatic rings. The van der Waals surface area contributed by atoms with E-state index in [1.807, 2.05) is 12.1 Å². The molecule has 0 radical (unpaired) electrons. The Morgan fingerprint density at radius 1 is 0.816 bits per heavy atom. The average molecular weight is 513 g/mol. The quantitative estimate of drug-likeness (QED) is 0.338. The van der Waals surface area contributed by atoms with Gasteiger partial charge in [0.05, 0.1) is 0 Å². The van der Waals surface area contributed by atoms with Crippen molar-refractivity contribution in [2.75, 3.05) is 11.1 Å². The summed E-state index contributed by atoms with van der Waals surface area (Å²) in [6.45, 7) is 9.47. The van der Waals surface area contributed by atoms with Crippen LogP contribution in [0.15, 0.2) is 36.4 Å². The fraction of sp³-hybridized carbons (Fsp3) is 0.588. The van der Waals surface area contributed by atoms with E-state index in [9.17, 15) is 4.79 Å². The number of hydrogen-bond donors (Lipinski definition) is 2. The van der Waals surface area contributed by atoms with Crippen molar-refractivity contribution in [1.29, 1.82) is 0 Å². The topological polar surface area (TPSA) is 72.2 Å². The Morgan fingerprint density at radius 3 is 1.89 bits per heavy atom. The lowest BCUT2D eigenvalue weighted by atomic mass is 9.42.